The summed E-state index contributed by atoms with van der Waals surface area (Å²) < 4.78 is 0. The fourth-order valence-electron chi connectivity index (χ4n) is 4.33. The largest absolute Gasteiger partial charge is 0.508 e. The molecule has 2 saturated heterocycles. The maximum absolute atomic E-state index is 12.6. The Labute approximate surface area is 164 Å². The minimum absolute atomic E-state index is 0.0149. The summed E-state index contributed by atoms with van der Waals surface area (Å²) >= 11 is 0. The Morgan fingerprint density at radius 1 is 0.929 bits per heavy atom. The number of phenols is 1. The minimum Gasteiger partial charge on any atom is -0.508 e. The standard InChI is InChI=1S/C21H25N3O4/c25-16-7-5-15(6-8-16)22-11-13-23(14-12-22)19(26)9-10-24-20(27)17-3-1-2-4-18(17)21(24)28/h1-2,5-8,17-18,25H,3-4,9-14H2/t17-,18-/m0/s1. The topological polar surface area (TPSA) is 81.2 Å². The highest BCUT2D eigenvalue weighted by Gasteiger charge is 2.47. The van der Waals surface area contributed by atoms with Gasteiger partial charge in [-0.1, -0.05) is 12.2 Å². The van der Waals surface area contributed by atoms with Crippen molar-refractivity contribution in [3.8, 4) is 5.75 Å². The molecule has 1 N–H and O–H groups in total. The van der Waals surface area contributed by atoms with Crippen molar-refractivity contribution in [3.05, 3.63) is 36.4 Å². The third-order valence-electron chi connectivity index (χ3n) is 6.00. The summed E-state index contributed by atoms with van der Waals surface area (Å²) in [6, 6.07) is 7.05. The van der Waals surface area contributed by atoms with Gasteiger partial charge in [-0.3, -0.25) is 19.3 Å². The van der Waals surface area contributed by atoms with Crippen LogP contribution in [0.25, 0.3) is 0 Å². The molecule has 2 heterocycles. The van der Waals surface area contributed by atoms with Crippen molar-refractivity contribution in [1.29, 1.82) is 0 Å². The average molecular weight is 383 g/mol. The Hall–Kier alpha value is -2.83. The molecule has 1 aromatic rings. The lowest BCUT2D eigenvalue weighted by molar-refractivity contribution is -0.140. The zero-order valence-electron chi connectivity index (χ0n) is 15.8. The monoisotopic (exact) mass is 383 g/mol. The van der Waals surface area contributed by atoms with Crippen LogP contribution in [0, 0.1) is 11.8 Å². The molecule has 0 unspecified atom stereocenters. The number of likely N-dealkylation sites (tertiary alicyclic amines) is 1. The van der Waals surface area contributed by atoms with Gasteiger partial charge in [0.25, 0.3) is 0 Å². The summed E-state index contributed by atoms with van der Waals surface area (Å²) in [5.41, 5.74) is 1.02. The fraction of sp³-hybridized carbons (Fsp3) is 0.476. The SMILES string of the molecule is O=C(CCN1C(=O)[C@H]2CC=CC[C@@H]2C1=O)N1CCN(c2ccc(O)cc2)CC1. The molecule has 0 aromatic heterocycles. The number of imide groups is 1. The van der Waals surface area contributed by atoms with E-state index < -0.39 is 0 Å². The second-order valence-corrected chi connectivity index (χ2v) is 7.62. The molecule has 148 valence electrons. The molecule has 7 nitrogen and oxygen atoms in total. The van der Waals surface area contributed by atoms with E-state index in [4.69, 9.17) is 0 Å². The number of piperazine rings is 1. The number of allylic oxidation sites excluding steroid dienone is 2. The Bertz CT molecular complexity index is 770. The predicted molar refractivity (Wildman–Crippen MR) is 104 cm³/mol. The van der Waals surface area contributed by atoms with Crippen LogP contribution in [-0.4, -0.2) is 65.4 Å². The lowest BCUT2D eigenvalue weighted by atomic mass is 9.85. The normalized spacial score (nSPS) is 24.6. The molecule has 28 heavy (non-hydrogen) atoms. The molecular weight excluding hydrogens is 358 g/mol. The number of hydrogen-bond acceptors (Lipinski definition) is 5. The molecule has 0 spiro atoms. The molecular formula is C21H25N3O4. The van der Waals surface area contributed by atoms with E-state index in [-0.39, 0.29) is 48.3 Å². The van der Waals surface area contributed by atoms with E-state index in [0.29, 0.717) is 39.0 Å². The number of carbonyl (C=O) groups excluding carboxylic acids is 3. The third kappa shape index (κ3) is 3.48. The van der Waals surface area contributed by atoms with Gasteiger partial charge in [-0.05, 0) is 37.1 Å². The smallest absolute Gasteiger partial charge is 0.233 e. The summed E-state index contributed by atoms with van der Waals surface area (Å²) in [5, 5.41) is 9.40. The van der Waals surface area contributed by atoms with Crippen LogP contribution in [0.5, 0.6) is 5.75 Å². The van der Waals surface area contributed by atoms with Gasteiger partial charge in [-0.15, -0.1) is 0 Å². The van der Waals surface area contributed by atoms with Crippen LogP contribution >= 0.6 is 0 Å². The predicted octanol–water partition coefficient (Wildman–Crippen LogP) is 1.38. The minimum atomic E-state index is -0.235. The summed E-state index contributed by atoms with van der Waals surface area (Å²) in [7, 11) is 0. The number of benzene rings is 1. The fourth-order valence-corrected chi connectivity index (χ4v) is 4.33. The summed E-state index contributed by atoms with van der Waals surface area (Å²) in [4.78, 5) is 42.8. The number of aromatic hydroxyl groups is 1. The molecule has 0 bridgehead atoms. The van der Waals surface area contributed by atoms with Gasteiger partial charge in [0.2, 0.25) is 17.7 Å². The molecule has 2 aliphatic heterocycles. The Kier molecular flexibility index (Phi) is 5.07. The first-order valence-electron chi connectivity index (χ1n) is 9.86. The zero-order valence-corrected chi connectivity index (χ0v) is 15.8. The van der Waals surface area contributed by atoms with Crippen molar-refractivity contribution in [1.82, 2.24) is 9.80 Å². The molecule has 3 aliphatic rings. The van der Waals surface area contributed by atoms with Crippen LogP contribution in [0.1, 0.15) is 19.3 Å². The van der Waals surface area contributed by atoms with E-state index in [0.717, 1.165) is 5.69 Å². The highest BCUT2D eigenvalue weighted by molar-refractivity contribution is 6.05. The lowest BCUT2D eigenvalue weighted by Gasteiger charge is -2.36. The number of nitrogens with zero attached hydrogens (tertiary/aromatic N) is 3. The first-order valence-corrected chi connectivity index (χ1v) is 9.86. The van der Waals surface area contributed by atoms with E-state index >= 15 is 0 Å². The van der Waals surface area contributed by atoms with Crippen molar-refractivity contribution in [2.45, 2.75) is 19.3 Å². The maximum atomic E-state index is 12.6. The van der Waals surface area contributed by atoms with Gasteiger partial charge in [0, 0.05) is 44.8 Å². The second kappa shape index (κ2) is 7.66. The van der Waals surface area contributed by atoms with Crippen molar-refractivity contribution in [2.75, 3.05) is 37.6 Å². The molecule has 7 heteroatoms. The summed E-state index contributed by atoms with van der Waals surface area (Å²) in [6.07, 6.45) is 5.37. The van der Waals surface area contributed by atoms with E-state index in [1.807, 2.05) is 24.3 Å². The van der Waals surface area contributed by atoms with E-state index in [9.17, 15) is 19.5 Å². The number of amides is 3. The van der Waals surface area contributed by atoms with E-state index in [1.54, 1.807) is 17.0 Å². The van der Waals surface area contributed by atoms with Gasteiger partial charge >= 0.3 is 0 Å². The first kappa shape index (κ1) is 18.5. The molecule has 2 atom stereocenters. The molecule has 2 fully saturated rings. The third-order valence-corrected chi connectivity index (χ3v) is 6.00. The number of anilines is 1. The lowest BCUT2D eigenvalue weighted by Crippen LogP contribution is -2.49. The Morgan fingerprint density at radius 3 is 2.07 bits per heavy atom. The molecule has 3 amide bonds. The van der Waals surface area contributed by atoms with Crippen LogP contribution in [0.4, 0.5) is 5.69 Å². The van der Waals surface area contributed by atoms with E-state index in [2.05, 4.69) is 4.90 Å². The average Bonchev–Trinajstić information content (AvgIpc) is 2.97. The van der Waals surface area contributed by atoms with Crippen molar-refractivity contribution in [3.63, 3.8) is 0 Å². The van der Waals surface area contributed by atoms with Gasteiger partial charge in [-0.2, -0.15) is 0 Å². The number of carbonyl (C=O) groups is 3. The van der Waals surface area contributed by atoms with Crippen LogP contribution in [0.15, 0.2) is 36.4 Å². The summed E-state index contributed by atoms with van der Waals surface area (Å²) in [6.45, 7) is 2.83. The van der Waals surface area contributed by atoms with Crippen LogP contribution in [0.2, 0.25) is 0 Å². The van der Waals surface area contributed by atoms with Crippen molar-refractivity contribution in [2.24, 2.45) is 11.8 Å². The maximum Gasteiger partial charge on any atom is 0.233 e. The number of hydrogen-bond donors (Lipinski definition) is 1. The second-order valence-electron chi connectivity index (χ2n) is 7.62. The summed E-state index contributed by atoms with van der Waals surface area (Å²) in [5.74, 6) is -0.491. The molecule has 4 rings (SSSR count). The number of phenolic OH excluding ortho intramolecular Hbond substituents is 1. The Balaban J connectivity index is 1.28. The van der Waals surface area contributed by atoms with E-state index in [1.165, 1.54) is 4.90 Å². The van der Waals surface area contributed by atoms with Crippen LogP contribution in [0.3, 0.4) is 0 Å². The van der Waals surface area contributed by atoms with Gasteiger partial charge in [0.15, 0.2) is 0 Å². The first-order chi connectivity index (χ1) is 13.5. The highest BCUT2D eigenvalue weighted by Crippen LogP contribution is 2.35. The van der Waals surface area contributed by atoms with Crippen LogP contribution < -0.4 is 4.90 Å². The van der Waals surface area contributed by atoms with Gasteiger partial charge in [0.1, 0.15) is 5.75 Å². The molecule has 1 aromatic carbocycles. The highest BCUT2D eigenvalue weighted by atomic mass is 16.3. The molecule has 1 aliphatic carbocycles. The molecule has 0 saturated carbocycles. The molecule has 0 radical (unpaired) electrons. The van der Waals surface area contributed by atoms with Gasteiger partial charge < -0.3 is 14.9 Å². The number of fused-ring (bicyclic) bond motifs is 1. The quantitative estimate of drug-likeness (QED) is 0.628. The van der Waals surface area contributed by atoms with Crippen molar-refractivity contribution >= 4 is 23.4 Å². The van der Waals surface area contributed by atoms with Gasteiger partial charge in [-0.25, -0.2) is 0 Å². The number of rotatable bonds is 4. The Morgan fingerprint density at radius 2 is 1.50 bits per heavy atom. The zero-order chi connectivity index (χ0) is 19.7. The van der Waals surface area contributed by atoms with Crippen molar-refractivity contribution < 1.29 is 19.5 Å². The van der Waals surface area contributed by atoms with Crippen LogP contribution in [-0.2, 0) is 14.4 Å². The van der Waals surface area contributed by atoms with Gasteiger partial charge in [0.05, 0.1) is 11.8 Å².